The van der Waals surface area contributed by atoms with Gasteiger partial charge in [-0.25, -0.2) is 4.98 Å². The minimum Gasteiger partial charge on any atom is -0.354 e. The number of aromatic nitrogens is 1. The van der Waals surface area contributed by atoms with Gasteiger partial charge in [0, 0.05) is 44.5 Å². The van der Waals surface area contributed by atoms with Gasteiger partial charge in [-0.3, -0.25) is 0 Å². The third kappa shape index (κ3) is 4.68. The predicted molar refractivity (Wildman–Crippen MR) is 90.0 cm³/mol. The van der Waals surface area contributed by atoms with E-state index in [1.807, 2.05) is 0 Å². The van der Waals surface area contributed by atoms with E-state index in [1.54, 1.807) is 0 Å². The van der Waals surface area contributed by atoms with Gasteiger partial charge in [0.2, 0.25) is 0 Å². The molecule has 2 rings (SSSR count). The molecule has 1 N–H and O–H groups in total. The molecule has 21 heavy (non-hydrogen) atoms. The normalized spacial score (nSPS) is 17.0. The van der Waals surface area contributed by atoms with Crippen LogP contribution in [0.4, 0.5) is 5.82 Å². The van der Waals surface area contributed by atoms with E-state index in [9.17, 15) is 0 Å². The molecule has 1 fully saturated rings. The van der Waals surface area contributed by atoms with Gasteiger partial charge in [0.1, 0.15) is 5.82 Å². The van der Waals surface area contributed by atoms with Gasteiger partial charge in [-0.05, 0) is 30.7 Å². The summed E-state index contributed by atoms with van der Waals surface area (Å²) < 4.78 is 0. The third-order valence-corrected chi connectivity index (χ3v) is 4.02. The molecule has 0 amide bonds. The summed E-state index contributed by atoms with van der Waals surface area (Å²) in [5.74, 6) is 1.62. The van der Waals surface area contributed by atoms with Crippen molar-refractivity contribution in [3.8, 4) is 0 Å². The van der Waals surface area contributed by atoms with Crippen molar-refractivity contribution in [3.63, 3.8) is 0 Å². The Morgan fingerprint density at radius 2 is 1.76 bits per heavy atom. The summed E-state index contributed by atoms with van der Waals surface area (Å²) in [4.78, 5) is 9.69. The molecule has 118 valence electrons. The molecule has 0 unspecified atom stereocenters. The second-order valence-corrected chi connectivity index (χ2v) is 6.74. The molecule has 1 aromatic rings. The molecule has 2 heterocycles. The van der Waals surface area contributed by atoms with E-state index in [2.05, 4.69) is 62.0 Å². The largest absolute Gasteiger partial charge is 0.354 e. The predicted octanol–water partition coefficient (Wildman–Crippen LogP) is 2.45. The molecule has 0 radical (unpaired) electrons. The van der Waals surface area contributed by atoms with Crippen LogP contribution in [-0.2, 0) is 6.54 Å². The highest BCUT2D eigenvalue weighted by Gasteiger charge is 2.17. The summed E-state index contributed by atoms with van der Waals surface area (Å²) in [7, 11) is 2.19. The average molecular weight is 290 g/mol. The monoisotopic (exact) mass is 290 g/mol. The SMILES string of the molecule is CC(C)NCc1cc(C(C)C)nc(N2CCN(C)CC2)c1. The fraction of sp³-hybridized carbons (Fsp3) is 0.706. The molecule has 1 aliphatic rings. The number of pyridine rings is 1. The Kier molecular flexibility index (Phi) is 5.59. The lowest BCUT2D eigenvalue weighted by atomic mass is 10.1. The number of anilines is 1. The maximum Gasteiger partial charge on any atom is 0.129 e. The molecule has 0 aromatic carbocycles. The lowest BCUT2D eigenvalue weighted by molar-refractivity contribution is 0.312. The first-order chi connectivity index (χ1) is 9.95. The Morgan fingerprint density at radius 3 is 2.33 bits per heavy atom. The molecule has 1 aromatic heterocycles. The van der Waals surface area contributed by atoms with Crippen LogP contribution in [0.5, 0.6) is 0 Å². The Balaban J connectivity index is 2.18. The van der Waals surface area contributed by atoms with Crippen LogP contribution >= 0.6 is 0 Å². The van der Waals surface area contributed by atoms with Gasteiger partial charge in [-0.15, -0.1) is 0 Å². The number of nitrogens with zero attached hydrogens (tertiary/aromatic N) is 3. The zero-order chi connectivity index (χ0) is 15.4. The summed E-state index contributed by atoms with van der Waals surface area (Å²) in [5.41, 5.74) is 2.54. The summed E-state index contributed by atoms with van der Waals surface area (Å²) >= 11 is 0. The Hall–Kier alpha value is -1.13. The van der Waals surface area contributed by atoms with Crippen LogP contribution in [-0.4, -0.2) is 49.2 Å². The van der Waals surface area contributed by atoms with Crippen molar-refractivity contribution < 1.29 is 0 Å². The molecule has 1 saturated heterocycles. The lowest BCUT2D eigenvalue weighted by Crippen LogP contribution is -2.45. The van der Waals surface area contributed by atoms with Crippen molar-refractivity contribution >= 4 is 5.82 Å². The quantitative estimate of drug-likeness (QED) is 0.902. The van der Waals surface area contributed by atoms with Crippen LogP contribution in [0.15, 0.2) is 12.1 Å². The molecular formula is C17H30N4. The second-order valence-electron chi connectivity index (χ2n) is 6.74. The highest BCUT2D eigenvalue weighted by Crippen LogP contribution is 2.21. The average Bonchev–Trinajstić information content (AvgIpc) is 2.45. The Labute approximate surface area is 129 Å². The number of piperazine rings is 1. The highest BCUT2D eigenvalue weighted by atomic mass is 15.3. The minimum absolute atomic E-state index is 0.468. The second kappa shape index (κ2) is 7.23. The summed E-state index contributed by atoms with van der Waals surface area (Å²) in [6, 6.07) is 5.01. The first-order valence-corrected chi connectivity index (χ1v) is 8.13. The van der Waals surface area contributed by atoms with Crippen molar-refractivity contribution in [3.05, 3.63) is 23.4 Å². The Bertz CT molecular complexity index is 448. The fourth-order valence-electron chi connectivity index (χ4n) is 2.51. The van der Waals surface area contributed by atoms with Gasteiger partial charge < -0.3 is 15.1 Å². The van der Waals surface area contributed by atoms with E-state index >= 15 is 0 Å². The fourth-order valence-corrected chi connectivity index (χ4v) is 2.51. The van der Waals surface area contributed by atoms with Crippen LogP contribution in [0, 0.1) is 0 Å². The number of likely N-dealkylation sites (N-methyl/N-ethyl adjacent to an activating group) is 1. The van der Waals surface area contributed by atoms with Gasteiger partial charge in [0.25, 0.3) is 0 Å². The van der Waals surface area contributed by atoms with Crippen LogP contribution in [0.2, 0.25) is 0 Å². The first-order valence-electron chi connectivity index (χ1n) is 8.13. The van der Waals surface area contributed by atoms with Crippen LogP contribution < -0.4 is 10.2 Å². The first kappa shape index (κ1) is 16.2. The van der Waals surface area contributed by atoms with Crippen molar-refractivity contribution in [1.29, 1.82) is 0 Å². The topological polar surface area (TPSA) is 31.4 Å². The smallest absolute Gasteiger partial charge is 0.129 e. The molecule has 0 aliphatic carbocycles. The molecular weight excluding hydrogens is 260 g/mol. The van der Waals surface area contributed by atoms with E-state index in [4.69, 9.17) is 4.98 Å². The number of nitrogens with one attached hydrogen (secondary N) is 1. The van der Waals surface area contributed by atoms with Gasteiger partial charge >= 0.3 is 0 Å². The molecule has 4 heteroatoms. The van der Waals surface area contributed by atoms with Crippen molar-refractivity contribution in [2.45, 2.75) is 46.2 Å². The van der Waals surface area contributed by atoms with Crippen LogP contribution in [0.3, 0.4) is 0 Å². The van der Waals surface area contributed by atoms with Gasteiger partial charge in [0.15, 0.2) is 0 Å². The molecule has 4 nitrogen and oxygen atoms in total. The minimum atomic E-state index is 0.468. The lowest BCUT2D eigenvalue weighted by Gasteiger charge is -2.33. The summed E-state index contributed by atoms with van der Waals surface area (Å²) in [6.45, 7) is 14.1. The molecule has 0 spiro atoms. The van der Waals surface area contributed by atoms with Crippen LogP contribution in [0.1, 0.15) is 44.9 Å². The highest BCUT2D eigenvalue weighted by molar-refractivity contribution is 5.44. The van der Waals surface area contributed by atoms with E-state index in [1.165, 1.54) is 11.3 Å². The van der Waals surface area contributed by atoms with E-state index < -0.39 is 0 Å². The van der Waals surface area contributed by atoms with E-state index in [0.717, 1.165) is 38.5 Å². The standard InChI is InChI=1S/C17H30N4/c1-13(2)16-10-15(12-18-14(3)4)11-17(19-16)21-8-6-20(5)7-9-21/h10-11,13-14,18H,6-9,12H2,1-5H3. The number of hydrogen-bond donors (Lipinski definition) is 1. The zero-order valence-electron chi connectivity index (χ0n) is 14.2. The van der Waals surface area contributed by atoms with E-state index in [-0.39, 0.29) is 0 Å². The van der Waals surface area contributed by atoms with Crippen molar-refractivity contribution in [2.24, 2.45) is 0 Å². The van der Waals surface area contributed by atoms with Gasteiger partial charge in [-0.2, -0.15) is 0 Å². The third-order valence-electron chi connectivity index (χ3n) is 4.02. The number of rotatable bonds is 5. The summed E-state index contributed by atoms with van der Waals surface area (Å²) in [5, 5.41) is 3.51. The molecule has 0 bridgehead atoms. The van der Waals surface area contributed by atoms with Gasteiger partial charge in [-0.1, -0.05) is 27.7 Å². The maximum absolute atomic E-state index is 4.89. The van der Waals surface area contributed by atoms with E-state index in [0.29, 0.717) is 12.0 Å². The maximum atomic E-state index is 4.89. The molecule has 0 atom stereocenters. The van der Waals surface area contributed by atoms with Crippen molar-refractivity contribution in [1.82, 2.24) is 15.2 Å². The molecule has 0 saturated carbocycles. The van der Waals surface area contributed by atoms with Crippen molar-refractivity contribution in [2.75, 3.05) is 38.1 Å². The zero-order valence-corrected chi connectivity index (χ0v) is 14.2. The number of hydrogen-bond acceptors (Lipinski definition) is 4. The summed E-state index contributed by atoms with van der Waals surface area (Å²) in [6.07, 6.45) is 0. The molecule has 1 aliphatic heterocycles. The van der Waals surface area contributed by atoms with Crippen LogP contribution in [0.25, 0.3) is 0 Å². The Morgan fingerprint density at radius 1 is 1.10 bits per heavy atom. The van der Waals surface area contributed by atoms with Gasteiger partial charge in [0.05, 0.1) is 0 Å².